The second kappa shape index (κ2) is 6.59. The van der Waals surface area contributed by atoms with Crippen molar-refractivity contribution in [3.05, 3.63) is 22.8 Å². The first-order valence-corrected chi connectivity index (χ1v) is 6.22. The van der Waals surface area contributed by atoms with E-state index < -0.39 is 0 Å². The molecule has 0 atom stereocenters. The molecule has 16 heavy (non-hydrogen) atoms. The number of nitrogens with zero attached hydrogens (tertiary/aromatic N) is 2. The van der Waals surface area contributed by atoms with Gasteiger partial charge in [-0.3, -0.25) is 0 Å². The van der Waals surface area contributed by atoms with Gasteiger partial charge in [0.1, 0.15) is 5.82 Å². The average Bonchev–Trinajstić information content (AvgIpc) is 2.25. The van der Waals surface area contributed by atoms with Crippen LogP contribution in [-0.2, 0) is 13.0 Å². The van der Waals surface area contributed by atoms with Gasteiger partial charge in [-0.1, -0.05) is 20.3 Å². The van der Waals surface area contributed by atoms with Gasteiger partial charge in [-0.15, -0.1) is 0 Å². The highest BCUT2D eigenvalue weighted by molar-refractivity contribution is 5.24. The van der Waals surface area contributed by atoms with E-state index in [1.54, 1.807) is 0 Å². The van der Waals surface area contributed by atoms with Gasteiger partial charge in [0.15, 0.2) is 0 Å². The van der Waals surface area contributed by atoms with Gasteiger partial charge in [0.25, 0.3) is 0 Å². The lowest BCUT2D eigenvalue weighted by molar-refractivity contribution is 0.694. The summed E-state index contributed by atoms with van der Waals surface area (Å²) in [5.74, 6) is 0.997. The molecule has 0 aliphatic rings. The van der Waals surface area contributed by atoms with Crippen LogP contribution in [0, 0.1) is 13.8 Å². The van der Waals surface area contributed by atoms with Gasteiger partial charge in [0, 0.05) is 29.9 Å². The van der Waals surface area contributed by atoms with Crippen molar-refractivity contribution < 1.29 is 0 Å². The highest BCUT2D eigenvalue weighted by Crippen LogP contribution is 2.11. The smallest absolute Gasteiger partial charge is 0.128 e. The van der Waals surface area contributed by atoms with Crippen LogP contribution in [0.1, 0.15) is 49.5 Å². The Balaban J connectivity index is 2.80. The third-order valence-corrected chi connectivity index (χ3v) is 2.77. The molecule has 1 aromatic rings. The van der Waals surface area contributed by atoms with E-state index in [1.807, 2.05) is 0 Å². The number of aryl methyl sites for hydroxylation is 3. The normalized spacial score (nSPS) is 10.8. The summed E-state index contributed by atoms with van der Waals surface area (Å²) in [6.07, 6.45) is 3.37. The molecule has 1 N–H and O–H groups in total. The number of aromatic nitrogens is 2. The molecule has 1 rings (SSSR count). The molecule has 0 spiro atoms. The minimum atomic E-state index is 0.877. The first-order chi connectivity index (χ1) is 7.69. The van der Waals surface area contributed by atoms with Gasteiger partial charge in [-0.25, -0.2) is 9.97 Å². The molecule has 0 bridgehead atoms. The Hall–Kier alpha value is -0.960. The molecule has 0 aromatic carbocycles. The van der Waals surface area contributed by atoms with E-state index in [4.69, 9.17) is 0 Å². The van der Waals surface area contributed by atoms with Crippen LogP contribution in [0.15, 0.2) is 0 Å². The predicted molar refractivity (Wildman–Crippen MR) is 67.5 cm³/mol. The second-order valence-electron chi connectivity index (χ2n) is 4.17. The summed E-state index contributed by atoms with van der Waals surface area (Å²) in [5.41, 5.74) is 3.50. The Labute approximate surface area is 98.7 Å². The van der Waals surface area contributed by atoms with Crippen molar-refractivity contribution in [1.29, 1.82) is 0 Å². The van der Waals surface area contributed by atoms with E-state index >= 15 is 0 Å². The summed E-state index contributed by atoms with van der Waals surface area (Å²) in [4.78, 5) is 9.15. The minimum absolute atomic E-state index is 0.877. The Kier molecular flexibility index (Phi) is 5.39. The number of rotatable bonds is 6. The molecule has 3 nitrogen and oxygen atoms in total. The number of unbranched alkanes of at least 4 members (excludes halogenated alkanes) is 1. The predicted octanol–water partition coefficient (Wildman–Crippen LogP) is 2.55. The van der Waals surface area contributed by atoms with Gasteiger partial charge in [-0.2, -0.15) is 0 Å². The zero-order valence-corrected chi connectivity index (χ0v) is 10.9. The average molecular weight is 221 g/mol. The summed E-state index contributed by atoms with van der Waals surface area (Å²) < 4.78 is 0. The van der Waals surface area contributed by atoms with Crippen LogP contribution in [0.3, 0.4) is 0 Å². The van der Waals surface area contributed by atoms with Crippen molar-refractivity contribution in [2.75, 3.05) is 6.54 Å². The Morgan fingerprint density at radius 1 is 1.06 bits per heavy atom. The highest BCUT2D eigenvalue weighted by atomic mass is 14.9. The molecule has 1 heterocycles. The number of hydrogen-bond acceptors (Lipinski definition) is 3. The van der Waals surface area contributed by atoms with E-state index in [1.165, 1.54) is 18.4 Å². The molecule has 3 heteroatoms. The molecular weight excluding hydrogens is 198 g/mol. The van der Waals surface area contributed by atoms with Crippen molar-refractivity contribution in [3.8, 4) is 0 Å². The lowest BCUT2D eigenvalue weighted by Crippen LogP contribution is -2.16. The number of nitrogens with one attached hydrogen (secondary N) is 1. The van der Waals surface area contributed by atoms with Crippen molar-refractivity contribution in [3.63, 3.8) is 0 Å². The first kappa shape index (κ1) is 13.1. The van der Waals surface area contributed by atoms with E-state index in [-0.39, 0.29) is 0 Å². The minimum Gasteiger partial charge on any atom is -0.313 e. The van der Waals surface area contributed by atoms with Crippen LogP contribution in [0.25, 0.3) is 0 Å². The highest BCUT2D eigenvalue weighted by Gasteiger charge is 2.07. The summed E-state index contributed by atoms with van der Waals surface area (Å²) in [5, 5.41) is 3.33. The molecule has 1 aromatic heterocycles. The molecule has 90 valence electrons. The maximum atomic E-state index is 4.57. The SMILES string of the molecule is CCCCc1nc(C)c(CNCC)c(C)n1. The molecular formula is C13H23N3. The molecule has 0 amide bonds. The van der Waals surface area contributed by atoms with E-state index in [0.717, 1.165) is 36.7 Å². The van der Waals surface area contributed by atoms with Gasteiger partial charge in [0.05, 0.1) is 0 Å². The van der Waals surface area contributed by atoms with E-state index in [9.17, 15) is 0 Å². The lowest BCUT2D eigenvalue weighted by Gasteiger charge is -2.10. The molecule has 0 unspecified atom stereocenters. The Morgan fingerprint density at radius 3 is 2.19 bits per heavy atom. The molecule has 0 radical (unpaired) electrons. The Morgan fingerprint density at radius 2 is 1.69 bits per heavy atom. The maximum Gasteiger partial charge on any atom is 0.128 e. The molecule has 0 saturated carbocycles. The molecule has 0 fully saturated rings. The van der Waals surface area contributed by atoms with Crippen LogP contribution in [0.4, 0.5) is 0 Å². The molecule has 0 aliphatic heterocycles. The summed E-state index contributed by atoms with van der Waals surface area (Å²) in [7, 11) is 0. The largest absolute Gasteiger partial charge is 0.313 e. The molecule has 0 saturated heterocycles. The van der Waals surface area contributed by atoms with Crippen LogP contribution in [0.5, 0.6) is 0 Å². The van der Waals surface area contributed by atoms with Crippen LogP contribution < -0.4 is 5.32 Å². The Bertz CT molecular complexity index is 311. The van der Waals surface area contributed by atoms with Gasteiger partial charge < -0.3 is 5.32 Å². The third-order valence-electron chi connectivity index (χ3n) is 2.77. The number of hydrogen-bond donors (Lipinski definition) is 1. The quantitative estimate of drug-likeness (QED) is 0.802. The monoisotopic (exact) mass is 221 g/mol. The fourth-order valence-electron chi connectivity index (χ4n) is 1.76. The first-order valence-electron chi connectivity index (χ1n) is 6.22. The van der Waals surface area contributed by atoms with E-state index in [2.05, 4.69) is 43.0 Å². The van der Waals surface area contributed by atoms with Crippen LogP contribution in [0.2, 0.25) is 0 Å². The van der Waals surface area contributed by atoms with E-state index in [0.29, 0.717) is 0 Å². The van der Waals surface area contributed by atoms with Gasteiger partial charge >= 0.3 is 0 Å². The van der Waals surface area contributed by atoms with Crippen molar-refractivity contribution in [2.24, 2.45) is 0 Å². The molecule has 0 aliphatic carbocycles. The van der Waals surface area contributed by atoms with Gasteiger partial charge in [0.2, 0.25) is 0 Å². The lowest BCUT2D eigenvalue weighted by atomic mass is 10.1. The van der Waals surface area contributed by atoms with Crippen molar-refractivity contribution in [2.45, 2.75) is 53.5 Å². The second-order valence-corrected chi connectivity index (χ2v) is 4.17. The fraction of sp³-hybridized carbons (Fsp3) is 0.692. The van der Waals surface area contributed by atoms with Crippen molar-refractivity contribution >= 4 is 0 Å². The van der Waals surface area contributed by atoms with Crippen LogP contribution >= 0.6 is 0 Å². The van der Waals surface area contributed by atoms with Crippen molar-refractivity contribution in [1.82, 2.24) is 15.3 Å². The van der Waals surface area contributed by atoms with Gasteiger partial charge in [-0.05, 0) is 26.8 Å². The topological polar surface area (TPSA) is 37.8 Å². The summed E-state index contributed by atoms with van der Waals surface area (Å²) in [6.45, 7) is 10.3. The zero-order chi connectivity index (χ0) is 12.0. The third kappa shape index (κ3) is 3.56. The van der Waals surface area contributed by atoms with Crippen LogP contribution in [-0.4, -0.2) is 16.5 Å². The summed E-state index contributed by atoms with van der Waals surface area (Å²) in [6, 6.07) is 0. The fourth-order valence-corrected chi connectivity index (χ4v) is 1.76. The maximum absolute atomic E-state index is 4.57. The zero-order valence-electron chi connectivity index (χ0n) is 10.9. The summed E-state index contributed by atoms with van der Waals surface area (Å²) >= 11 is 0. The standard InChI is InChI=1S/C13H23N3/c1-5-7-8-13-15-10(3)12(9-14-6-2)11(4)16-13/h14H,5-9H2,1-4H3.